The van der Waals surface area contributed by atoms with E-state index in [4.69, 9.17) is 20.0 Å². The Morgan fingerprint density at radius 1 is 0.939 bits per heavy atom. The fourth-order valence-corrected chi connectivity index (χ4v) is 5.63. The van der Waals surface area contributed by atoms with Crippen molar-refractivity contribution in [2.75, 3.05) is 57.4 Å². The molecule has 172 valence electrons. The van der Waals surface area contributed by atoms with E-state index >= 15 is 0 Å². The van der Waals surface area contributed by atoms with Crippen molar-refractivity contribution in [1.29, 1.82) is 5.26 Å². The first-order chi connectivity index (χ1) is 16.1. The molecule has 0 unspecified atom stereocenters. The molecule has 3 aromatic rings. The van der Waals surface area contributed by atoms with Gasteiger partial charge in [0.2, 0.25) is 0 Å². The second-order valence-electron chi connectivity index (χ2n) is 8.89. The number of thiophene rings is 1. The summed E-state index contributed by atoms with van der Waals surface area (Å²) in [7, 11) is 0. The molecule has 2 fully saturated rings. The molecule has 0 spiro atoms. The van der Waals surface area contributed by atoms with Gasteiger partial charge >= 0.3 is 0 Å². The Hall–Kier alpha value is -2.57. The number of fused-ring (bicyclic) bond motifs is 1. The molecule has 4 heterocycles. The Labute approximate surface area is 199 Å². The largest absolute Gasteiger partial charge is 0.379 e. The maximum Gasteiger partial charge on any atom is 0.146 e. The Balaban J connectivity index is 1.33. The van der Waals surface area contributed by atoms with Gasteiger partial charge in [0.15, 0.2) is 0 Å². The van der Waals surface area contributed by atoms with Crippen molar-refractivity contribution < 1.29 is 4.74 Å². The molecule has 33 heavy (non-hydrogen) atoms. The van der Waals surface area contributed by atoms with Crippen LogP contribution in [0.3, 0.4) is 0 Å². The number of hydrogen-bond acceptors (Lipinski definition) is 8. The van der Waals surface area contributed by atoms with E-state index in [0.29, 0.717) is 5.56 Å². The first kappa shape index (κ1) is 22.2. The van der Waals surface area contributed by atoms with E-state index in [0.717, 1.165) is 82.0 Å². The summed E-state index contributed by atoms with van der Waals surface area (Å²) in [4.78, 5) is 19.8. The van der Waals surface area contributed by atoms with Crippen molar-refractivity contribution in [3.63, 3.8) is 0 Å². The molecule has 0 atom stereocenters. The minimum absolute atomic E-state index is 0.714. The van der Waals surface area contributed by atoms with E-state index in [-0.39, 0.29) is 0 Å². The van der Waals surface area contributed by atoms with Crippen molar-refractivity contribution in [1.82, 2.24) is 19.8 Å². The molecule has 2 aromatic heterocycles. The predicted molar refractivity (Wildman–Crippen MR) is 132 cm³/mol. The van der Waals surface area contributed by atoms with E-state index in [1.54, 1.807) is 11.3 Å². The molecule has 0 saturated carbocycles. The molecule has 7 nitrogen and oxygen atoms in total. The molecule has 5 rings (SSSR count). The van der Waals surface area contributed by atoms with Crippen LogP contribution in [-0.2, 0) is 17.8 Å². The number of morpholine rings is 1. The third-order valence-corrected chi connectivity index (χ3v) is 7.79. The number of piperazine rings is 1. The zero-order valence-corrected chi connectivity index (χ0v) is 20.2. The number of nitriles is 1. The summed E-state index contributed by atoms with van der Waals surface area (Å²) in [5, 5.41) is 10.2. The lowest BCUT2D eigenvalue weighted by Crippen LogP contribution is -2.46. The fraction of sp³-hybridized carbons (Fsp3) is 0.480. The summed E-state index contributed by atoms with van der Waals surface area (Å²) in [6, 6.07) is 10.1. The van der Waals surface area contributed by atoms with Crippen LogP contribution >= 0.6 is 11.3 Å². The molecule has 1 aromatic carbocycles. The summed E-state index contributed by atoms with van der Waals surface area (Å²) >= 11 is 1.78. The molecule has 0 radical (unpaired) electrons. The first-order valence-corrected chi connectivity index (χ1v) is 12.5. The summed E-state index contributed by atoms with van der Waals surface area (Å²) < 4.78 is 5.50. The van der Waals surface area contributed by atoms with Crippen LogP contribution in [0.4, 0.5) is 5.82 Å². The average molecular weight is 463 g/mol. The van der Waals surface area contributed by atoms with Gasteiger partial charge in [0.1, 0.15) is 16.5 Å². The number of hydrogen-bond donors (Lipinski definition) is 0. The lowest BCUT2D eigenvalue weighted by atomic mass is 10.1. The third kappa shape index (κ3) is 4.87. The Kier molecular flexibility index (Phi) is 6.56. The topological polar surface area (TPSA) is 68.5 Å². The first-order valence-electron chi connectivity index (χ1n) is 11.6. The van der Waals surface area contributed by atoms with Crippen LogP contribution in [0.2, 0.25) is 0 Å². The SMILES string of the molecule is Cc1sc2nc(CN3CCOCC3)nc(N3CCN(Cc4ccc(C#N)cc4)CC3)c2c1C. The van der Waals surface area contributed by atoms with Gasteiger partial charge in [-0.15, -0.1) is 11.3 Å². The second kappa shape index (κ2) is 9.74. The van der Waals surface area contributed by atoms with Crippen LogP contribution in [0, 0.1) is 25.2 Å². The van der Waals surface area contributed by atoms with Gasteiger partial charge in [-0.2, -0.15) is 5.26 Å². The van der Waals surface area contributed by atoms with Crippen LogP contribution in [0.15, 0.2) is 24.3 Å². The highest BCUT2D eigenvalue weighted by molar-refractivity contribution is 7.18. The summed E-state index contributed by atoms with van der Waals surface area (Å²) in [6.07, 6.45) is 0. The summed E-state index contributed by atoms with van der Waals surface area (Å²) in [5.41, 5.74) is 3.28. The lowest BCUT2D eigenvalue weighted by molar-refractivity contribution is 0.0331. The normalized spacial score (nSPS) is 18.0. The van der Waals surface area contributed by atoms with E-state index in [9.17, 15) is 0 Å². The lowest BCUT2D eigenvalue weighted by Gasteiger charge is -2.36. The molecule has 2 saturated heterocycles. The van der Waals surface area contributed by atoms with Gasteiger partial charge in [-0.1, -0.05) is 12.1 Å². The minimum Gasteiger partial charge on any atom is -0.379 e. The molecule has 0 aliphatic carbocycles. The zero-order valence-electron chi connectivity index (χ0n) is 19.4. The van der Waals surface area contributed by atoms with E-state index in [2.05, 4.69) is 46.7 Å². The smallest absolute Gasteiger partial charge is 0.146 e. The van der Waals surface area contributed by atoms with Crippen LogP contribution in [0.5, 0.6) is 0 Å². The number of anilines is 1. The molecule has 2 aliphatic heterocycles. The fourth-order valence-electron chi connectivity index (χ4n) is 4.59. The highest BCUT2D eigenvalue weighted by Gasteiger charge is 2.24. The van der Waals surface area contributed by atoms with Crippen molar-refractivity contribution >= 4 is 27.4 Å². The molecule has 8 heteroatoms. The quantitative estimate of drug-likeness (QED) is 0.576. The van der Waals surface area contributed by atoms with Gasteiger partial charge in [-0.3, -0.25) is 9.80 Å². The number of aryl methyl sites for hydroxylation is 2. The van der Waals surface area contributed by atoms with Gasteiger partial charge in [0.25, 0.3) is 0 Å². The van der Waals surface area contributed by atoms with E-state index in [1.807, 2.05) is 12.1 Å². The maximum atomic E-state index is 9.01. The standard InChI is InChI=1S/C25H30N6OS/c1-18-19(2)33-25-23(18)24(27-22(28-25)17-30-11-13-32-14-12-30)31-9-7-29(8-10-31)16-21-5-3-20(15-26)4-6-21/h3-6H,7-14,16-17H2,1-2H3. The Morgan fingerprint density at radius 2 is 1.64 bits per heavy atom. The molecule has 2 aliphatic rings. The van der Waals surface area contributed by atoms with Crippen molar-refractivity contribution in [3.05, 3.63) is 51.7 Å². The zero-order chi connectivity index (χ0) is 22.8. The van der Waals surface area contributed by atoms with Crippen LogP contribution in [0.25, 0.3) is 10.2 Å². The number of benzene rings is 1. The average Bonchev–Trinajstić information content (AvgIpc) is 3.13. The predicted octanol–water partition coefficient (Wildman–Crippen LogP) is 3.33. The Bertz CT molecular complexity index is 1150. The summed E-state index contributed by atoms with van der Waals surface area (Å²) in [6.45, 7) is 13.4. The van der Waals surface area contributed by atoms with Crippen molar-refractivity contribution in [2.24, 2.45) is 0 Å². The van der Waals surface area contributed by atoms with Crippen molar-refractivity contribution in [2.45, 2.75) is 26.9 Å². The van der Waals surface area contributed by atoms with Gasteiger partial charge in [0, 0.05) is 50.7 Å². The van der Waals surface area contributed by atoms with Gasteiger partial charge in [-0.25, -0.2) is 9.97 Å². The van der Waals surface area contributed by atoms with Crippen molar-refractivity contribution in [3.8, 4) is 6.07 Å². The Morgan fingerprint density at radius 3 is 2.33 bits per heavy atom. The molecule has 0 N–H and O–H groups in total. The van der Waals surface area contributed by atoms with Gasteiger partial charge < -0.3 is 9.64 Å². The second-order valence-corrected chi connectivity index (χ2v) is 10.1. The van der Waals surface area contributed by atoms with E-state index < -0.39 is 0 Å². The molecular weight excluding hydrogens is 432 g/mol. The highest BCUT2D eigenvalue weighted by Crippen LogP contribution is 2.35. The third-order valence-electron chi connectivity index (χ3n) is 6.69. The molecule has 0 amide bonds. The maximum absolute atomic E-state index is 9.01. The van der Waals surface area contributed by atoms with Gasteiger partial charge in [0.05, 0.1) is 36.8 Å². The van der Waals surface area contributed by atoms with Crippen LogP contribution in [0.1, 0.15) is 27.4 Å². The number of nitrogens with zero attached hydrogens (tertiary/aromatic N) is 6. The number of aromatic nitrogens is 2. The number of ether oxygens (including phenoxy) is 1. The van der Waals surface area contributed by atoms with Gasteiger partial charge in [-0.05, 0) is 37.1 Å². The highest BCUT2D eigenvalue weighted by atomic mass is 32.1. The van der Waals surface area contributed by atoms with Crippen LogP contribution in [-0.4, -0.2) is 72.3 Å². The van der Waals surface area contributed by atoms with E-state index in [1.165, 1.54) is 21.4 Å². The summed E-state index contributed by atoms with van der Waals surface area (Å²) in [5.74, 6) is 2.02. The molecule has 0 bridgehead atoms. The minimum atomic E-state index is 0.714. The number of rotatable bonds is 5. The molecular formula is C25H30N6OS. The monoisotopic (exact) mass is 462 g/mol. The van der Waals surface area contributed by atoms with Crippen LogP contribution < -0.4 is 4.90 Å².